The van der Waals surface area contributed by atoms with E-state index in [1.54, 1.807) is 0 Å². The molecule has 0 spiro atoms. The van der Waals surface area contributed by atoms with Crippen molar-refractivity contribution in [1.29, 1.82) is 0 Å². The summed E-state index contributed by atoms with van der Waals surface area (Å²) in [5, 5.41) is 0.679. The van der Waals surface area contributed by atoms with Gasteiger partial charge in [-0.1, -0.05) is 23.2 Å². The molecule has 0 saturated heterocycles. The molecule has 0 aliphatic heterocycles. The molecular formula is C10H9Cl2NO2. The van der Waals surface area contributed by atoms with Crippen molar-refractivity contribution in [3.05, 3.63) is 22.2 Å². The topological polar surface area (TPSA) is 38.7 Å². The first-order valence-electron chi connectivity index (χ1n) is 4.28. The molecule has 0 unspecified atom stereocenters. The quantitative estimate of drug-likeness (QED) is 0.601. The fourth-order valence-electron chi connectivity index (χ4n) is 0.997. The number of ether oxygens (including phenoxy) is 1. The van der Waals surface area contributed by atoms with Gasteiger partial charge in [-0.3, -0.25) is 0 Å². The van der Waals surface area contributed by atoms with E-state index in [0.29, 0.717) is 21.5 Å². The largest absolute Gasteiger partial charge is 0.489 e. The summed E-state index contributed by atoms with van der Waals surface area (Å²) < 4.78 is 5.41. The van der Waals surface area contributed by atoms with Gasteiger partial charge in [0.2, 0.25) is 6.08 Å². The third kappa shape index (κ3) is 3.24. The van der Waals surface area contributed by atoms with Gasteiger partial charge in [0, 0.05) is 6.07 Å². The third-order valence-electron chi connectivity index (χ3n) is 1.53. The van der Waals surface area contributed by atoms with Crippen LogP contribution in [0.1, 0.15) is 13.8 Å². The lowest BCUT2D eigenvalue weighted by atomic mass is 10.3. The Morgan fingerprint density at radius 2 is 2.00 bits per heavy atom. The van der Waals surface area contributed by atoms with E-state index >= 15 is 0 Å². The predicted molar refractivity (Wildman–Crippen MR) is 60.0 cm³/mol. The van der Waals surface area contributed by atoms with Crippen molar-refractivity contribution < 1.29 is 9.53 Å². The maximum absolute atomic E-state index is 10.1. The number of hydrogen-bond acceptors (Lipinski definition) is 3. The molecule has 1 rings (SSSR count). The molecule has 5 heteroatoms. The van der Waals surface area contributed by atoms with E-state index in [0.717, 1.165) is 0 Å². The van der Waals surface area contributed by atoms with Crippen LogP contribution in [0.25, 0.3) is 0 Å². The summed E-state index contributed by atoms with van der Waals surface area (Å²) in [5.41, 5.74) is 0.298. The number of hydrogen-bond donors (Lipinski definition) is 0. The number of halogens is 2. The predicted octanol–water partition coefficient (Wildman–Crippen LogP) is 3.75. The first kappa shape index (κ1) is 12.1. The molecule has 0 bridgehead atoms. The van der Waals surface area contributed by atoms with Crippen LogP contribution in [0, 0.1) is 0 Å². The van der Waals surface area contributed by atoms with E-state index in [1.165, 1.54) is 18.2 Å². The summed E-state index contributed by atoms with van der Waals surface area (Å²) in [4.78, 5) is 13.6. The van der Waals surface area contributed by atoms with Crippen molar-refractivity contribution in [3.63, 3.8) is 0 Å². The van der Waals surface area contributed by atoms with Gasteiger partial charge in [-0.05, 0) is 19.9 Å². The fraction of sp³-hybridized carbons (Fsp3) is 0.300. The van der Waals surface area contributed by atoms with Gasteiger partial charge in [0.05, 0.1) is 21.8 Å². The number of rotatable bonds is 3. The fourth-order valence-corrected chi connectivity index (χ4v) is 1.47. The monoisotopic (exact) mass is 245 g/mol. The second-order valence-electron chi connectivity index (χ2n) is 3.10. The lowest BCUT2D eigenvalue weighted by Crippen LogP contribution is -2.05. The Morgan fingerprint density at radius 3 is 2.53 bits per heavy atom. The molecule has 0 radical (unpaired) electrons. The van der Waals surface area contributed by atoms with Gasteiger partial charge < -0.3 is 4.74 Å². The lowest BCUT2D eigenvalue weighted by Gasteiger charge is -2.12. The maximum Gasteiger partial charge on any atom is 0.240 e. The zero-order chi connectivity index (χ0) is 11.4. The third-order valence-corrected chi connectivity index (χ3v) is 2.13. The molecule has 1 aromatic rings. The molecule has 0 N–H and O–H groups in total. The van der Waals surface area contributed by atoms with E-state index in [2.05, 4.69) is 4.99 Å². The molecule has 0 saturated carbocycles. The molecule has 0 heterocycles. The summed E-state index contributed by atoms with van der Waals surface area (Å²) in [6.45, 7) is 3.74. The first-order chi connectivity index (χ1) is 7.04. The van der Waals surface area contributed by atoms with Crippen LogP contribution in [0.15, 0.2) is 17.1 Å². The second kappa shape index (κ2) is 5.17. The van der Waals surface area contributed by atoms with Crippen LogP contribution in [-0.2, 0) is 4.79 Å². The van der Waals surface area contributed by atoms with Crippen LogP contribution >= 0.6 is 23.2 Å². The van der Waals surface area contributed by atoms with Crippen LogP contribution in [-0.4, -0.2) is 12.2 Å². The van der Waals surface area contributed by atoms with E-state index in [9.17, 15) is 4.79 Å². The van der Waals surface area contributed by atoms with Crippen molar-refractivity contribution >= 4 is 35.0 Å². The average molecular weight is 246 g/mol. The molecule has 3 nitrogen and oxygen atoms in total. The maximum atomic E-state index is 10.1. The molecule has 0 atom stereocenters. The smallest absolute Gasteiger partial charge is 0.240 e. The Hall–Kier alpha value is -1.02. The van der Waals surface area contributed by atoms with Crippen molar-refractivity contribution in [2.24, 2.45) is 4.99 Å². The zero-order valence-electron chi connectivity index (χ0n) is 8.25. The van der Waals surface area contributed by atoms with Crippen LogP contribution in [0.4, 0.5) is 5.69 Å². The minimum atomic E-state index is -0.0169. The SMILES string of the molecule is CC(C)Oc1cc(N=C=O)c(Cl)cc1Cl. The van der Waals surface area contributed by atoms with Gasteiger partial charge in [0.25, 0.3) is 0 Å². The Morgan fingerprint density at radius 1 is 1.33 bits per heavy atom. The zero-order valence-corrected chi connectivity index (χ0v) is 9.76. The van der Waals surface area contributed by atoms with Gasteiger partial charge in [-0.2, -0.15) is 4.99 Å². The number of benzene rings is 1. The van der Waals surface area contributed by atoms with Gasteiger partial charge >= 0.3 is 0 Å². The molecule has 80 valence electrons. The lowest BCUT2D eigenvalue weighted by molar-refractivity contribution is 0.242. The second-order valence-corrected chi connectivity index (χ2v) is 3.92. The summed E-state index contributed by atoms with van der Waals surface area (Å²) in [6.07, 6.45) is 1.40. The van der Waals surface area contributed by atoms with Crippen molar-refractivity contribution in [2.45, 2.75) is 20.0 Å². The average Bonchev–Trinajstić information content (AvgIpc) is 2.12. The van der Waals surface area contributed by atoms with Gasteiger partial charge in [0.15, 0.2) is 0 Å². The highest BCUT2D eigenvalue weighted by molar-refractivity contribution is 6.37. The van der Waals surface area contributed by atoms with E-state index in [4.69, 9.17) is 27.9 Å². The molecule has 0 aliphatic carbocycles. The van der Waals surface area contributed by atoms with Crippen LogP contribution in [0.5, 0.6) is 5.75 Å². The van der Waals surface area contributed by atoms with Crippen LogP contribution in [0.3, 0.4) is 0 Å². The van der Waals surface area contributed by atoms with Crippen molar-refractivity contribution in [3.8, 4) is 5.75 Å². The number of isocyanates is 1. The molecule has 0 amide bonds. The Kier molecular flexibility index (Phi) is 4.15. The minimum absolute atomic E-state index is 0.0169. The molecule has 0 fully saturated rings. The Labute approximate surface area is 97.7 Å². The highest BCUT2D eigenvalue weighted by Gasteiger charge is 2.09. The Balaban J connectivity index is 3.16. The van der Waals surface area contributed by atoms with Crippen LogP contribution < -0.4 is 4.74 Å². The highest BCUT2D eigenvalue weighted by atomic mass is 35.5. The van der Waals surface area contributed by atoms with E-state index < -0.39 is 0 Å². The number of carbonyl (C=O) groups excluding carboxylic acids is 1. The van der Waals surface area contributed by atoms with Crippen molar-refractivity contribution in [1.82, 2.24) is 0 Å². The van der Waals surface area contributed by atoms with Gasteiger partial charge in [-0.15, -0.1) is 0 Å². The van der Waals surface area contributed by atoms with Crippen LogP contribution in [0.2, 0.25) is 10.0 Å². The molecule has 0 aromatic heterocycles. The van der Waals surface area contributed by atoms with Gasteiger partial charge in [0.1, 0.15) is 5.75 Å². The first-order valence-corrected chi connectivity index (χ1v) is 5.03. The standard InChI is InChI=1S/C10H9Cl2NO2/c1-6(2)15-10-4-9(13-5-14)7(11)3-8(10)12/h3-4,6H,1-2H3. The summed E-state index contributed by atoms with van der Waals surface area (Å²) in [5.74, 6) is 0.449. The minimum Gasteiger partial charge on any atom is -0.489 e. The molecular weight excluding hydrogens is 237 g/mol. The van der Waals surface area contributed by atoms with E-state index in [1.807, 2.05) is 13.8 Å². The number of nitrogens with zero attached hydrogens (tertiary/aromatic N) is 1. The summed E-state index contributed by atoms with van der Waals surface area (Å²) in [7, 11) is 0. The summed E-state index contributed by atoms with van der Waals surface area (Å²) >= 11 is 11.7. The molecule has 0 aliphatic rings. The van der Waals surface area contributed by atoms with Crippen molar-refractivity contribution in [2.75, 3.05) is 0 Å². The van der Waals surface area contributed by atoms with E-state index in [-0.39, 0.29) is 6.10 Å². The highest BCUT2D eigenvalue weighted by Crippen LogP contribution is 2.36. The molecule has 15 heavy (non-hydrogen) atoms. The normalized spacial score (nSPS) is 9.93. The van der Waals surface area contributed by atoms with Gasteiger partial charge in [-0.25, -0.2) is 4.79 Å². The summed E-state index contributed by atoms with van der Waals surface area (Å²) in [6, 6.07) is 2.99. The number of aliphatic imine (C=N–C) groups is 1. The Bertz CT molecular complexity index is 412. The molecule has 1 aromatic carbocycles.